The van der Waals surface area contributed by atoms with Crippen LogP contribution in [0.2, 0.25) is 0 Å². The molecule has 2 N–H and O–H groups in total. The van der Waals surface area contributed by atoms with Crippen molar-refractivity contribution < 1.29 is 4.74 Å². The molecule has 18 heavy (non-hydrogen) atoms. The summed E-state index contributed by atoms with van der Waals surface area (Å²) in [6.07, 6.45) is 2.10. The first-order chi connectivity index (χ1) is 8.76. The van der Waals surface area contributed by atoms with Crippen LogP contribution in [0.4, 0.5) is 0 Å². The van der Waals surface area contributed by atoms with Crippen LogP contribution in [0.25, 0.3) is 10.8 Å². The molecule has 1 unspecified atom stereocenters. The Morgan fingerprint density at radius 1 is 1.17 bits per heavy atom. The van der Waals surface area contributed by atoms with Gasteiger partial charge in [0.25, 0.3) is 0 Å². The van der Waals surface area contributed by atoms with E-state index in [0.717, 1.165) is 18.6 Å². The van der Waals surface area contributed by atoms with Crippen LogP contribution in [0.5, 0.6) is 5.75 Å². The predicted octanol–water partition coefficient (Wildman–Crippen LogP) is 3.52. The molecular formula is C16H21NO. The second-order valence-electron chi connectivity index (χ2n) is 4.64. The number of rotatable bonds is 5. The minimum Gasteiger partial charge on any atom is -0.490 e. The third-order valence-corrected chi connectivity index (χ3v) is 3.30. The summed E-state index contributed by atoms with van der Waals surface area (Å²) in [6.45, 7) is 4.88. The zero-order chi connectivity index (χ0) is 13.0. The van der Waals surface area contributed by atoms with E-state index in [9.17, 15) is 0 Å². The molecule has 0 heterocycles. The van der Waals surface area contributed by atoms with Crippen molar-refractivity contribution in [3.63, 3.8) is 0 Å². The van der Waals surface area contributed by atoms with Gasteiger partial charge in [-0.15, -0.1) is 0 Å². The van der Waals surface area contributed by atoms with E-state index in [1.807, 2.05) is 0 Å². The molecule has 0 aliphatic heterocycles. The molecule has 0 radical (unpaired) electrons. The van der Waals surface area contributed by atoms with Crippen molar-refractivity contribution in [2.45, 2.75) is 32.8 Å². The fraction of sp³-hybridized carbons (Fsp3) is 0.375. The molecule has 0 saturated heterocycles. The van der Waals surface area contributed by atoms with Crippen LogP contribution in [0.3, 0.4) is 0 Å². The Morgan fingerprint density at radius 2 is 1.94 bits per heavy atom. The monoisotopic (exact) mass is 243 g/mol. The lowest BCUT2D eigenvalue weighted by Gasteiger charge is -2.17. The van der Waals surface area contributed by atoms with Gasteiger partial charge in [-0.2, -0.15) is 0 Å². The smallest absolute Gasteiger partial charge is 0.123 e. The molecule has 2 nitrogen and oxygen atoms in total. The van der Waals surface area contributed by atoms with Gasteiger partial charge in [-0.25, -0.2) is 0 Å². The van der Waals surface area contributed by atoms with Crippen molar-refractivity contribution >= 4 is 10.8 Å². The quantitative estimate of drug-likeness (QED) is 0.872. The van der Waals surface area contributed by atoms with Crippen molar-refractivity contribution in [1.29, 1.82) is 0 Å². The summed E-state index contributed by atoms with van der Waals surface area (Å²) in [7, 11) is 0. The number of hydrogen-bond acceptors (Lipinski definition) is 2. The second-order valence-corrected chi connectivity index (χ2v) is 4.64. The van der Waals surface area contributed by atoms with Gasteiger partial charge >= 0.3 is 0 Å². The molecule has 2 rings (SSSR count). The molecule has 0 aliphatic carbocycles. The van der Waals surface area contributed by atoms with E-state index in [-0.39, 0.29) is 6.10 Å². The summed E-state index contributed by atoms with van der Waals surface area (Å²) < 4.78 is 6.00. The van der Waals surface area contributed by atoms with Crippen molar-refractivity contribution in [3.8, 4) is 5.75 Å². The van der Waals surface area contributed by atoms with Crippen LogP contribution in [0.15, 0.2) is 36.4 Å². The molecule has 0 aromatic heterocycles. The van der Waals surface area contributed by atoms with E-state index in [0.29, 0.717) is 6.54 Å². The minimum absolute atomic E-state index is 0.239. The van der Waals surface area contributed by atoms with E-state index >= 15 is 0 Å². The summed E-state index contributed by atoms with van der Waals surface area (Å²) >= 11 is 0. The van der Waals surface area contributed by atoms with Gasteiger partial charge in [0.05, 0.1) is 6.10 Å². The zero-order valence-corrected chi connectivity index (χ0v) is 11.1. The molecule has 0 spiro atoms. The Morgan fingerprint density at radius 3 is 2.67 bits per heavy atom. The first kappa shape index (κ1) is 12.9. The van der Waals surface area contributed by atoms with Crippen molar-refractivity contribution in [3.05, 3.63) is 42.0 Å². The highest BCUT2D eigenvalue weighted by molar-refractivity contribution is 5.87. The number of benzene rings is 2. The van der Waals surface area contributed by atoms with Crippen molar-refractivity contribution in [1.82, 2.24) is 0 Å². The van der Waals surface area contributed by atoms with Gasteiger partial charge in [0.2, 0.25) is 0 Å². The first-order valence-electron chi connectivity index (χ1n) is 6.63. The van der Waals surface area contributed by atoms with Gasteiger partial charge in [0.15, 0.2) is 0 Å². The highest BCUT2D eigenvalue weighted by Crippen LogP contribution is 2.29. The van der Waals surface area contributed by atoms with Crippen LogP contribution in [0, 0.1) is 0 Å². The van der Waals surface area contributed by atoms with Gasteiger partial charge < -0.3 is 10.5 Å². The highest BCUT2D eigenvalue weighted by Gasteiger charge is 2.10. The SMILES string of the molecule is CCC(C)Oc1ccc2ccccc2c1CCN. The largest absolute Gasteiger partial charge is 0.490 e. The van der Waals surface area contributed by atoms with E-state index in [1.165, 1.54) is 16.3 Å². The minimum atomic E-state index is 0.239. The average molecular weight is 243 g/mol. The Hall–Kier alpha value is -1.54. The molecule has 1 atom stereocenters. The second kappa shape index (κ2) is 5.87. The van der Waals surface area contributed by atoms with Gasteiger partial charge in [-0.05, 0) is 43.1 Å². The lowest BCUT2D eigenvalue weighted by Crippen LogP contribution is -2.12. The molecule has 2 aromatic carbocycles. The van der Waals surface area contributed by atoms with Crippen LogP contribution >= 0.6 is 0 Å². The number of fused-ring (bicyclic) bond motifs is 1. The lowest BCUT2D eigenvalue weighted by atomic mass is 10.0. The fourth-order valence-electron chi connectivity index (χ4n) is 2.13. The van der Waals surface area contributed by atoms with E-state index < -0.39 is 0 Å². The van der Waals surface area contributed by atoms with Crippen LogP contribution in [-0.4, -0.2) is 12.6 Å². The average Bonchev–Trinajstić information content (AvgIpc) is 2.41. The van der Waals surface area contributed by atoms with E-state index in [4.69, 9.17) is 10.5 Å². The molecular weight excluding hydrogens is 222 g/mol. The number of ether oxygens (including phenoxy) is 1. The Kier molecular flexibility index (Phi) is 4.21. The van der Waals surface area contributed by atoms with Gasteiger partial charge in [0.1, 0.15) is 5.75 Å². The maximum Gasteiger partial charge on any atom is 0.123 e. The predicted molar refractivity (Wildman–Crippen MR) is 77.1 cm³/mol. The zero-order valence-electron chi connectivity index (χ0n) is 11.1. The molecule has 96 valence electrons. The normalized spacial score (nSPS) is 12.6. The Balaban J connectivity index is 2.48. The fourth-order valence-corrected chi connectivity index (χ4v) is 2.13. The molecule has 2 aromatic rings. The summed E-state index contributed by atoms with van der Waals surface area (Å²) in [5.74, 6) is 0.980. The summed E-state index contributed by atoms with van der Waals surface area (Å²) in [5.41, 5.74) is 6.96. The number of nitrogens with two attached hydrogens (primary N) is 1. The topological polar surface area (TPSA) is 35.2 Å². The van der Waals surface area contributed by atoms with E-state index in [1.54, 1.807) is 0 Å². The molecule has 0 saturated carbocycles. The summed E-state index contributed by atoms with van der Waals surface area (Å²) in [5, 5.41) is 2.50. The number of hydrogen-bond donors (Lipinski definition) is 1. The molecule has 0 fully saturated rings. The van der Waals surface area contributed by atoms with Crippen LogP contribution in [-0.2, 0) is 6.42 Å². The Labute approximate surface area is 109 Å². The molecule has 2 heteroatoms. The molecule has 0 bridgehead atoms. The highest BCUT2D eigenvalue weighted by atomic mass is 16.5. The van der Waals surface area contributed by atoms with Crippen molar-refractivity contribution in [2.24, 2.45) is 5.73 Å². The standard InChI is InChI=1S/C16H21NO/c1-3-12(2)18-16-9-8-13-6-4-5-7-14(13)15(16)10-11-17/h4-9,12H,3,10-11,17H2,1-2H3. The lowest BCUT2D eigenvalue weighted by molar-refractivity contribution is 0.215. The maximum atomic E-state index is 6.00. The maximum absolute atomic E-state index is 6.00. The third kappa shape index (κ3) is 2.65. The summed E-state index contributed by atoms with van der Waals surface area (Å²) in [6, 6.07) is 12.6. The van der Waals surface area contributed by atoms with Crippen LogP contribution in [0.1, 0.15) is 25.8 Å². The van der Waals surface area contributed by atoms with Gasteiger partial charge in [0, 0.05) is 5.56 Å². The molecule has 0 aliphatic rings. The van der Waals surface area contributed by atoms with Gasteiger partial charge in [-0.1, -0.05) is 37.3 Å². The van der Waals surface area contributed by atoms with Gasteiger partial charge in [-0.3, -0.25) is 0 Å². The molecule has 0 amide bonds. The first-order valence-corrected chi connectivity index (χ1v) is 6.63. The van der Waals surface area contributed by atoms with Crippen LogP contribution < -0.4 is 10.5 Å². The van der Waals surface area contributed by atoms with E-state index in [2.05, 4.69) is 50.2 Å². The third-order valence-electron chi connectivity index (χ3n) is 3.30. The summed E-state index contributed by atoms with van der Waals surface area (Å²) in [4.78, 5) is 0. The van der Waals surface area contributed by atoms with Crippen molar-refractivity contribution in [2.75, 3.05) is 6.54 Å². The Bertz CT molecular complexity index is 521.